The highest BCUT2D eigenvalue weighted by molar-refractivity contribution is 8.45. The molecule has 3 aliphatic rings. The Morgan fingerprint density at radius 2 is 1.44 bits per heavy atom. The molecule has 0 N–H and O–H groups in total. The van der Waals surface area contributed by atoms with E-state index in [0.717, 1.165) is 11.5 Å². The van der Waals surface area contributed by atoms with Gasteiger partial charge in [0.05, 0.1) is 37.6 Å². The van der Waals surface area contributed by atoms with E-state index >= 15 is 0 Å². The first-order chi connectivity index (χ1) is 12.2. The van der Waals surface area contributed by atoms with Gasteiger partial charge in [0.25, 0.3) is 0 Å². The summed E-state index contributed by atoms with van der Waals surface area (Å²) in [6.45, 7) is 2.30. The molecule has 1 unspecified atom stereocenters. The van der Waals surface area contributed by atoms with Crippen molar-refractivity contribution < 1.29 is 0 Å². The van der Waals surface area contributed by atoms with Crippen molar-refractivity contribution in [2.75, 3.05) is 17.3 Å². The van der Waals surface area contributed by atoms with E-state index in [0.29, 0.717) is 18.1 Å². The highest BCUT2D eigenvalue weighted by Crippen LogP contribution is 2.67. The predicted octanol–water partition coefficient (Wildman–Crippen LogP) is 7.49. The predicted molar refractivity (Wildman–Crippen MR) is 126 cm³/mol. The number of nitrogens with zero attached hydrogens (tertiary/aromatic N) is 2. The molecule has 132 valence electrons. The molecule has 0 aromatic rings. The molecule has 3 aliphatic heterocycles. The molecule has 0 saturated heterocycles. The fourth-order valence-electron chi connectivity index (χ4n) is 1.84. The van der Waals surface area contributed by atoms with Gasteiger partial charge in [-0.15, -0.1) is 47.0 Å². The maximum absolute atomic E-state index is 8.79. The van der Waals surface area contributed by atoms with Gasteiger partial charge in [-0.3, -0.25) is 0 Å². The van der Waals surface area contributed by atoms with Crippen molar-refractivity contribution in [3.8, 4) is 12.1 Å². The average Bonchev–Trinajstić information content (AvgIpc) is 3.19. The third-order valence-corrected chi connectivity index (χ3v) is 15.0. The first kappa shape index (κ1) is 20.7. The first-order valence-corrected chi connectivity index (χ1v) is 14.5. The van der Waals surface area contributed by atoms with Gasteiger partial charge in [0.15, 0.2) is 0 Å². The average molecular weight is 479 g/mol. The van der Waals surface area contributed by atoms with Crippen LogP contribution in [0.3, 0.4) is 0 Å². The van der Waals surface area contributed by atoms with Crippen LogP contribution in [0, 0.1) is 22.7 Å². The lowest BCUT2D eigenvalue weighted by Crippen LogP contribution is -2.02. The Morgan fingerprint density at radius 3 is 2.04 bits per heavy atom. The van der Waals surface area contributed by atoms with Gasteiger partial charge in [0.1, 0.15) is 0 Å². The van der Waals surface area contributed by atoms with Crippen molar-refractivity contribution in [2.45, 2.75) is 25.0 Å². The van der Waals surface area contributed by atoms with Gasteiger partial charge in [-0.25, -0.2) is 0 Å². The fourth-order valence-corrected chi connectivity index (χ4v) is 14.0. The largest absolute Gasteiger partial charge is 0.198 e. The molecule has 3 rings (SSSR count). The van der Waals surface area contributed by atoms with Crippen LogP contribution in [-0.2, 0) is 0 Å². The van der Waals surface area contributed by atoms with Crippen LogP contribution in [0.15, 0.2) is 25.4 Å². The summed E-state index contributed by atoms with van der Waals surface area (Å²) in [6.07, 6.45) is 1.15. The van der Waals surface area contributed by atoms with Crippen LogP contribution in [0.25, 0.3) is 0 Å². The molecule has 0 bridgehead atoms. The lowest BCUT2D eigenvalue weighted by Gasteiger charge is -2.16. The molecule has 25 heavy (non-hydrogen) atoms. The quantitative estimate of drug-likeness (QED) is 0.359. The lowest BCUT2D eigenvalue weighted by atomic mass is 10.6. The molecule has 10 heteroatoms. The molecule has 0 aliphatic carbocycles. The Hall–Kier alpha value is 1.000. The smallest absolute Gasteiger partial charge is 0.0717 e. The van der Waals surface area contributed by atoms with Crippen molar-refractivity contribution in [1.29, 1.82) is 10.5 Å². The molecule has 2 nitrogen and oxygen atoms in total. The van der Waals surface area contributed by atoms with Crippen LogP contribution in [0.4, 0.5) is 0 Å². The zero-order valence-corrected chi connectivity index (χ0v) is 19.8. The fraction of sp³-hybridized carbons (Fsp3) is 0.467. The van der Waals surface area contributed by atoms with Crippen LogP contribution >= 0.6 is 94.1 Å². The minimum absolute atomic E-state index is 0.575. The summed E-state index contributed by atoms with van der Waals surface area (Å²) < 4.78 is 8.35. The topological polar surface area (TPSA) is 47.6 Å². The zero-order chi connectivity index (χ0) is 17.6. The van der Waals surface area contributed by atoms with E-state index in [9.17, 15) is 0 Å². The molecule has 0 aromatic carbocycles. The second-order valence-corrected chi connectivity index (χ2v) is 15.2. The van der Waals surface area contributed by atoms with Crippen LogP contribution in [-0.4, -0.2) is 22.5 Å². The Bertz CT molecular complexity index is 678. The van der Waals surface area contributed by atoms with Crippen molar-refractivity contribution in [1.82, 2.24) is 0 Å². The molecular formula is C15H14N2S8. The number of thioether (sulfide) groups is 8. The minimum Gasteiger partial charge on any atom is -0.198 e. The highest BCUT2D eigenvalue weighted by Gasteiger charge is 2.33. The van der Waals surface area contributed by atoms with Gasteiger partial charge in [-0.2, -0.15) is 10.5 Å². The molecule has 3 heterocycles. The Morgan fingerprint density at radius 1 is 0.880 bits per heavy atom. The monoisotopic (exact) mass is 478 g/mol. The van der Waals surface area contributed by atoms with Crippen LogP contribution < -0.4 is 0 Å². The highest BCUT2D eigenvalue weighted by atomic mass is 32.3. The number of rotatable bonds is 6. The summed E-state index contributed by atoms with van der Waals surface area (Å²) in [6, 6.07) is 4.44. The number of hydrogen-bond acceptors (Lipinski definition) is 10. The van der Waals surface area contributed by atoms with E-state index in [1.54, 1.807) is 23.5 Å². The summed E-state index contributed by atoms with van der Waals surface area (Å²) in [7, 11) is 0. The Kier molecular flexibility index (Phi) is 8.72. The van der Waals surface area contributed by atoms with Gasteiger partial charge in [0.2, 0.25) is 0 Å². The van der Waals surface area contributed by atoms with E-state index in [-0.39, 0.29) is 0 Å². The minimum atomic E-state index is 0.575. The van der Waals surface area contributed by atoms with Gasteiger partial charge in [0, 0.05) is 35.4 Å². The summed E-state index contributed by atoms with van der Waals surface area (Å²) in [5, 5.41) is 18.3. The number of hydrogen-bond donors (Lipinski definition) is 0. The van der Waals surface area contributed by atoms with Crippen molar-refractivity contribution in [2.24, 2.45) is 0 Å². The lowest BCUT2D eigenvalue weighted by molar-refractivity contribution is 1.14. The van der Waals surface area contributed by atoms with E-state index < -0.39 is 0 Å². The molecule has 0 aromatic heterocycles. The summed E-state index contributed by atoms with van der Waals surface area (Å²) in [5.41, 5.74) is 0. The molecular weight excluding hydrogens is 465 g/mol. The van der Waals surface area contributed by atoms with E-state index in [1.165, 1.54) is 31.2 Å². The molecule has 0 saturated carbocycles. The SMILES string of the molecule is CC1CSC2=C(SC(=C3SC(SCCC#N)=C(SCCC#N)S3)S2)S1. The third-order valence-electron chi connectivity index (χ3n) is 2.89. The van der Waals surface area contributed by atoms with E-state index in [1.807, 2.05) is 70.6 Å². The standard InChI is InChI=1S/C15H14N2S8/c1-9-8-20-12-13(21-9)25-15(24-12)14-22-10(18-6-2-4-16)11(23-14)19-7-3-5-17/h9H,2-3,6-8H2,1H3. The summed E-state index contributed by atoms with van der Waals surface area (Å²) >= 11 is 15.1. The zero-order valence-electron chi connectivity index (χ0n) is 13.3. The second-order valence-electron chi connectivity index (χ2n) is 4.89. The Labute approximate surface area is 183 Å². The maximum Gasteiger partial charge on any atom is 0.0717 e. The van der Waals surface area contributed by atoms with Crippen LogP contribution in [0.2, 0.25) is 0 Å². The molecule has 1 atom stereocenters. The third kappa shape index (κ3) is 5.74. The molecule has 0 fully saturated rings. The van der Waals surface area contributed by atoms with Gasteiger partial charge in [-0.1, -0.05) is 54.0 Å². The van der Waals surface area contributed by atoms with E-state index in [2.05, 4.69) is 19.1 Å². The van der Waals surface area contributed by atoms with Crippen LogP contribution in [0.1, 0.15) is 19.8 Å². The molecule has 0 radical (unpaired) electrons. The van der Waals surface area contributed by atoms with Crippen molar-refractivity contribution in [3.05, 3.63) is 25.4 Å². The molecule has 0 spiro atoms. The normalized spacial score (nSPS) is 23.1. The number of nitriles is 2. The molecule has 0 amide bonds. The summed E-state index contributed by atoms with van der Waals surface area (Å²) in [5.74, 6) is 2.87. The van der Waals surface area contributed by atoms with Gasteiger partial charge in [-0.05, 0) is 0 Å². The van der Waals surface area contributed by atoms with Gasteiger partial charge < -0.3 is 0 Å². The van der Waals surface area contributed by atoms with Gasteiger partial charge >= 0.3 is 0 Å². The van der Waals surface area contributed by atoms with Crippen LogP contribution in [0.5, 0.6) is 0 Å². The second kappa shape index (κ2) is 10.5. The van der Waals surface area contributed by atoms with E-state index in [4.69, 9.17) is 10.5 Å². The summed E-state index contributed by atoms with van der Waals surface area (Å²) in [4.78, 5) is 0. The van der Waals surface area contributed by atoms with Crippen molar-refractivity contribution >= 4 is 94.1 Å². The maximum atomic E-state index is 8.79. The first-order valence-electron chi connectivity index (χ1n) is 7.44. The van der Waals surface area contributed by atoms with Crippen molar-refractivity contribution in [3.63, 3.8) is 0 Å². The Balaban J connectivity index is 1.67.